The number of hydrogen-bond acceptors (Lipinski definition) is 5. The number of carbonyl (C=O) groups excluding carboxylic acids is 1. The lowest BCUT2D eigenvalue weighted by molar-refractivity contribution is 0.0930. The van der Waals surface area contributed by atoms with Gasteiger partial charge in [0.05, 0.1) is 24.5 Å². The van der Waals surface area contributed by atoms with Gasteiger partial charge in [-0.3, -0.25) is 4.79 Å². The number of furan rings is 1. The summed E-state index contributed by atoms with van der Waals surface area (Å²) in [5.74, 6) is 0.480. The Morgan fingerprint density at radius 2 is 2.33 bits per heavy atom. The standard InChI is InChI=1S/C14H19N5O2/c1-10(13-3-2-8-21-13)16-14(20)12-9-19(18-17-12)11-4-6-15-7-5-11/h2-3,8-11,15H,4-7H2,1H3,(H,16,20)/t10-/m1/s1. The van der Waals surface area contributed by atoms with Gasteiger partial charge in [0, 0.05) is 0 Å². The van der Waals surface area contributed by atoms with Crippen LogP contribution in [-0.2, 0) is 0 Å². The zero-order valence-corrected chi connectivity index (χ0v) is 12.0. The van der Waals surface area contributed by atoms with E-state index in [9.17, 15) is 4.79 Å². The Balaban J connectivity index is 1.63. The highest BCUT2D eigenvalue weighted by molar-refractivity contribution is 5.92. The second-order valence-corrected chi connectivity index (χ2v) is 5.28. The zero-order valence-electron chi connectivity index (χ0n) is 12.0. The predicted octanol–water partition coefficient (Wildman–Crippen LogP) is 1.29. The number of amides is 1. The summed E-state index contributed by atoms with van der Waals surface area (Å²) in [5.41, 5.74) is 0.340. The van der Waals surface area contributed by atoms with Crippen molar-refractivity contribution in [1.29, 1.82) is 0 Å². The number of piperidine rings is 1. The lowest BCUT2D eigenvalue weighted by Crippen LogP contribution is -2.29. The summed E-state index contributed by atoms with van der Waals surface area (Å²) < 4.78 is 7.07. The predicted molar refractivity (Wildman–Crippen MR) is 75.8 cm³/mol. The number of aromatic nitrogens is 3. The van der Waals surface area contributed by atoms with Gasteiger partial charge in [0.2, 0.25) is 0 Å². The first-order valence-corrected chi connectivity index (χ1v) is 7.21. The van der Waals surface area contributed by atoms with E-state index in [1.807, 2.05) is 13.0 Å². The third kappa shape index (κ3) is 3.13. The lowest BCUT2D eigenvalue weighted by atomic mass is 10.1. The SMILES string of the molecule is C[C@@H](NC(=O)c1cn(C2CCNCC2)nn1)c1ccco1. The molecule has 0 aliphatic carbocycles. The van der Waals surface area contributed by atoms with E-state index in [1.165, 1.54) is 0 Å². The molecule has 3 rings (SSSR count). The summed E-state index contributed by atoms with van der Waals surface area (Å²) in [6, 6.07) is 3.75. The summed E-state index contributed by atoms with van der Waals surface area (Å²) in [5, 5.41) is 14.2. The molecule has 0 bridgehead atoms. The van der Waals surface area contributed by atoms with Crippen molar-refractivity contribution in [3.8, 4) is 0 Å². The molecule has 0 spiro atoms. The fraction of sp³-hybridized carbons (Fsp3) is 0.500. The smallest absolute Gasteiger partial charge is 0.274 e. The lowest BCUT2D eigenvalue weighted by Gasteiger charge is -2.22. The summed E-state index contributed by atoms with van der Waals surface area (Å²) in [6.45, 7) is 3.82. The Hall–Kier alpha value is -2.15. The molecule has 7 heteroatoms. The van der Waals surface area contributed by atoms with E-state index in [1.54, 1.807) is 23.2 Å². The molecule has 3 heterocycles. The summed E-state index contributed by atoms with van der Waals surface area (Å²) >= 11 is 0. The number of nitrogens with zero attached hydrogens (tertiary/aromatic N) is 3. The fourth-order valence-electron chi connectivity index (χ4n) is 2.51. The zero-order chi connectivity index (χ0) is 14.7. The first-order chi connectivity index (χ1) is 10.2. The van der Waals surface area contributed by atoms with Gasteiger partial charge in [0.25, 0.3) is 5.91 Å². The summed E-state index contributed by atoms with van der Waals surface area (Å²) in [7, 11) is 0. The van der Waals surface area contributed by atoms with Gasteiger partial charge in [-0.1, -0.05) is 5.21 Å². The van der Waals surface area contributed by atoms with Crippen molar-refractivity contribution in [3.05, 3.63) is 36.0 Å². The van der Waals surface area contributed by atoms with Crippen LogP contribution in [0.3, 0.4) is 0 Å². The molecule has 0 radical (unpaired) electrons. The van der Waals surface area contributed by atoms with E-state index in [0.717, 1.165) is 25.9 Å². The second kappa shape index (κ2) is 6.09. The molecule has 1 aliphatic heterocycles. The molecule has 1 atom stereocenters. The van der Waals surface area contributed by atoms with Crippen LogP contribution in [0.5, 0.6) is 0 Å². The highest BCUT2D eigenvalue weighted by atomic mass is 16.3. The fourth-order valence-corrected chi connectivity index (χ4v) is 2.51. The molecule has 2 aromatic rings. The van der Waals surface area contributed by atoms with E-state index < -0.39 is 0 Å². The van der Waals surface area contributed by atoms with Crippen LogP contribution < -0.4 is 10.6 Å². The van der Waals surface area contributed by atoms with E-state index in [-0.39, 0.29) is 11.9 Å². The number of carbonyl (C=O) groups is 1. The van der Waals surface area contributed by atoms with Crippen molar-refractivity contribution in [2.24, 2.45) is 0 Å². The molecule has 112 valence electrons. The number of nitrogens with one attached hydrogen (secondary N) is 2. The highest BCUT2D eigenvalue weighted by Crippen LogP contribution is 2.17. The molecular weight excluding hydrogens is 270 g/mol. The van der Waals surface area contributed by atoms with Crippen molar-refractivity contribution in [2.45, 2.75) is 31.8 Å². The topological polar surface area (TPSA) is 85.0 Å². The molecule has 2 aromatic heterocycles. The molecule has 0 unspecified atom stereocenters. The van der Waals surface area contributed by atoms with Crippen molar-refractivity contribution < 1.29 is 9.21 Å². The minimum absolute atomic E-state index is 0.198. The van der Waals surface area contributed by atoms with Gasteiger partial charge in [-0.25, -0.2) is 4.68 Å². The molecule has 1 fully saturated rings. The van der Waals surface area contributed by atoms with Crippen LogP contribution in [0.1, 0.15) is 48.1 Å². The summed E-state index contributed by atoms with van der Waals surface area (Å²) in [6.07, 6.45) is 5.33. The van der Waals surface area contributed by atoms with Crippen molar-refractivity contribution in [1.82, 2.24) is 25.6 Å². The maximum absolute atomic E-state index is 12.2. The molecule has 1 amide bonds. The molecule has 7 nitrogen and oxygen atoms in total. The maximum atomic E-state index is 12.2. The van der Waals surface area contributed by atoms with Crippen LogP contribution in [0.25, 0.3) is 0 Å². The Labute approximate surface area is 122 Å². The third-order valence-corrected chi connectivity index (χ3v) is 3.74. The van der Waals surface area contributed by atoms with Gasteiger partial charge in [-0.05, 0) is 45.0 Å². The number of hydrogen-bond donors (Lipinski definition) is 2. The Kier molecular flexibility index (Phi) is 4.01. The quantitative estimate of drug-likeness (QED) is 0.886. The van der Waals surface area contributed by atoms with E-state index in [4.69, 9.17) is 4.42 Å². The molecule has 21 heavy (non-hydrogen) atoms. The molecule has 0 saturated carbocycles. The molecule has 1 saturated heterocycles. The second-order valence-electron chi connectivity index (χ2n) is 5.28. The van der Waals surface area contributed by atoms with Gasteiger partial charge in [-0.15, -0.1) is 5.10 Å². The van der Waals surface area contributed by atoms with E-state index in [0.29, 0.717) is 17.5 Å². The Morgan fingerprint density at radius 3 is 3.05 bits per heavy atom. The highest BCUT2D eigenvalue weighted by Gasteiger charge is 2.20. The van der Waals surface area contributed by atoms with E-state index >= 15 is 0 Å². The number of rotatable bonds is 4. The van der Waals surface area contributed by atoms with Crippen LogP contribution in [0.2, 0.25) is 0 Å². The Bertz CT molecular complexity index is 586. The minimum Gasteiger partial charge on any atom is -0.467 e. The van der Waals surface area contributed by atoms with Crippen LogP contribution in [0, 0.1) is 0 Å². The maximum Gasteiger partial charge on any atom is 0.274 e. The summed E-state index contributed by atoms with van der Waals surface area (Å²) in [4.78, 5) is 12.2. The average molecular weight is 289 g/mol. The molecular formula is C14H19N5O2. The average Bonchev–Trinajstić information content (AvgIpc) is 3.20. The van der Waals surface area contributed by atoms with Crippen molar-refractivity contribution in [3.63, 3.8) is 0 Å². The van der Waals surface area contributed by atoms with Crippen LogP contribution in [-0.4, -0.2) is 34.0 Å². The van der Waals surface area contributed by atoms with Crippen molar-refractivity contribution >= 4 is 5.91 Å². The monoisotopic (exact) mass is 289 g/mol. The van der Waals surface area contributed by atoms with Gasteiger partial charge in [0.1, 0.15) is 5.76 Å². The largest absolute Gasteiger partial charge is 0.467 e. The third-order valence-electron chi connectivity index (χ3n) is 3.74. The first kappa shape index (κ1) is 13.8. The van der Waals surface area contributed by atoms with Crippen LogP contribution in [0.15, 0.2) is 29.0 Å². The first-order valence-electron chi connectivity index (χ1n) is 7.21. The van der Waals surface area contributed by atoms with Crippen LogP contribution >= 0.6 is 0 Å². The van der Waals surface area contributed by atoms with Gasteiger partial charge < -0.3 is 15.1 Å². The Morgan fingerprint density at radius 1 is 1.52 bits per heavy atom. The molecule has 0 aromatic carbocycles. The van der Waals surface area contributed by atoms with E-state index in [2.05, 4.69) is 20.9 Å². The van der Waals surface area contributed by atoms with Gasteiger partial charge in [0.15, 0.2) is 5.69 Å². The molecule has 1 aliphatic rings. The van der Waals surface area contributed by atoms with Crippen LogP contribution in [0.4, 0.5) is 0 Å². The van der Waals surface area contributed by atoms with Gasteiger partial charge >= 0.3 is 0 Å². The van der Waals surface area contributed by atoms with Gasteiger partial charge in [-0.2, -0.15) is 0 Å². The molecule has 2 N–H and O–H groups in total. The van der Waals surface area contributed by atoms with Crippen molar-refractivity contribution in [2.75, 3.05) is 13.1 Å². The normalized spacial score (nSPS) is 17.6. The minimum atomic E-state index is -0.237.